The molecule has 0 aliphatic carbocycles. The quantitative estimate of drug-likeness (QED) is 0.773. The van der Waals surface area contributed by atoms with Crippen LogP contribution in [-0.2, 0) is 14.5 Å². The maximum atomic E-state index is 12.7. The summed E-state index contributed by atoms with van der Waals surface area (Å²) >= 11 is 0. The van der Waals surface area contributed by atoms with Crippen LogP contribution in [-0.4, -0.2) is 14.2 Å². The van der Waals surface area contributed by atoms with Gasteiger partial charge in [0.25, 0.3) is 0 Å². The lowest BCUT2D eigenvalue weighted by Crippen LogP contribution is -2.25. The second kappa shape index (κ2) is 4.10. The highest BCUT2D eigenvalue weighted by atomic mass is 35.7. The first-order chi connectivity index (χ1) is 6.71. The Balaban J connectivity index is 3.00. The fourth-order valence-corrected chi connectivity index (χ4v) is 3.26. The molecule has 0 aliphatic heterocycles. The predicted molar refractivity (Wildman–Crippen MR) is 59.1 cm³/mol. The van der Waals surface area contributed by atoms with Gasteiger partial charge in [-0.05, 0) is 17.7 Å². The third kappa shape index (κ3) is 3.80. The van der Waals surface area contributed by atoms with Gasteiger partial charge in [0.1, 0.15) is 5.82 Å². The zero-order valence-electron chi connectivity index (χ0n) is 8.50. The molecule has 1 aromatic carbocycles. The fraction of sp³-hybridized carbons (Fsp3) is 0.400. The first-order valence-corrected chi connectivity index (χ1v) is 6.87. The van der Waals surface area contributed by atoms with E-state index in [1.165, 1.54) is 12.1 Å². The molecule has 0 N–H and O–H groups in total. The summed E-state index contributed by atoms with van der Waals surface area (Å²) in [7, 11) is 1.64. The molecule has 0 aromatic heterocycles. The van der Waals surface area contributed by atoms with Crippen LogP contribution in [0.25, 0.3) is 0 Å². The molecule has 0 spiro atoms. The highest BCUT2D eigenvalue weighted by molar-refractivity contribution is 8.13. The number of hydrogen-bond donors (Lipinski definition) is 0. The van der Waals surface area contributed by atoms with Crippen LogP contribution in [0.1, 0.15) is 19.4 Å². The van der Waals surface area contributed by atoms with E-state index >= 15 is 0 Å². The standard InChI is InChI=1S/C10H12ClFO2S/c1-10(2,7-15(11,13)14)8-3-5-9(12)6-4-8/h3-6H,7H2,1-2H3. The third-order valence-corrected chi connectivity index (χ3v) is 3.55. The van der Waals surface area contributed by atoms with E-state index < -0.39 is 14.5 Å². The van der Waals surface area contributed by atoms with Gasteiger partial charge in [-0.1, -0.05) is 26.0 Å². The fourth-order valence-electron chi connectivity index (χ4n) is 1.42. The van der Waals surface area contributed by atoms with Gasteiger partial charge in [0.2, 0.25) is 9.05 Å². The van der Waals surface area contributed by atoms with Crippen molar-refractivity contribution in [1.82, 2.24) is 0 Å². The van der Waals surface area contributed by atoms with Crippen molar-refractivity contribution < 1.29 is 12.8 Å². The van der Waals surface area contributed by atoms with Crippen molar-refractivity contribution in [2.75, 3.05) is 5.75 Å². The molecule has 0 unspecified atom stereocenters. The summed E-state index contributed by atoms with van der Waals surface area (Å²) in [4.78, 5) is 0. The average molecular weight is 251 g/mol. The van der Waals surface area contributed by atoms with Crippen LogP contribution in [0.3, 0.4) is 0 Å². The van der Waals surface area contributed by atoms with Crippen molar-refractivity contribution in [2.24, 2.45) is 0 Å². The van der Waals surface area contributed by atoms with Gasteiger partial charge in [-0.25, -0.2) is 12.8 Å². The zero-order valence-corrected chi connectivity index (χ0v) is 10.1. The largest absolute Gasteiger partial charge is 0.233 e. The maximum absolute atomic E-state index is 12.7. The molecule has 2 nitrogen and oxygen atoms in total. The van der Waals surface area contributed by atoms with E-state index in [2.05, 4.69) is 0 Å². The second-order valence-electron chi connectivity index (χ2n) is 4.07. The predicted octanol–water partition coefficient (Wildman–Crippen LogP) is 2.67. The first kappa shape index (κ1) is 12.5. The number of benzene rings is 1. The maximum Gasteiger partial charge on any atom is 0.233 e. The Morgan fingerprint density at radius 2 is 1.73 bits per heavy atom. The van der Waals surface area contributed by atoms with Crippen LogP contribution >= 0.6 is 10.7 Å². The van der Waals surface area contributed by atoms with Crippen LogP contribution in [0.4, 0.5) is 4.39 Å². The van der Waals surface area contributed by atoms with Gasteiger partial charge in [0.05, 0.1) is 5.75 Å². The Bertz CT molecular complexity index is 437. The lowest BCUT2D eigenvalue weighted by atomic mass is 9.87. The van der Waals surface area contributed by atoms with Crippen molar-refractivity contribution in [3.8, 4) is 0 Å². The van der Waals surface area contributed by atoms with E-state index in [9.17, 15) is 12.8 Å². The average Bonchev–Trinajstić information content (AvgIpc) is 2.00. The summed E-state index contributed by atoms with van der Waals surface area (Å²) < 4.78 is 34.6. The Kier molecular flexibility index (Phi) is 3.41. The second-order valence-corrected chi connectivity index (χ2v) is 6.85. The smallest absolute Gasteiger partial charge is 0.212 e. The molecule has 0 saturated heterocycles. The minimum absolute atomic E-state index is 0.173. The monoisotopic (exact) mass is 250 g/mol. The van der Waals surface area contributed by atoms with Gasteiger partial charge in [-0.3, -0.25) is 0 Å². The molecule has 0 saturated carbocycles. The van der Waals surface area contributed by atoms with Crippen LogP contribution in [0.5, 0.6) is 0 Å². The Morgan fingerprint density at radius 3 is 2.13 bits per heavy atom. The molecule has 0 fully saturated rings. The highest BCUT2D eigenvalue weighted by Gasteiger charge is 2.26. The zero-order chi connectivity index (χ0) is 11.7. The molecule has 0 radical (unpaired) electrons. The molecule has 1 aromatic rings. The van der Waals surface area contributed by atoms with E-state index in [0.717, 1.165) is 5.56 Å². The van der Waals surface area contributed by atoms with Gasteiger partial charge >= 0.3 is 0 Å². The van der Waals surface area contributed by atoms with Crippen LogP contribution in [0.15, 0.2) is 24.3 Å². The number of hydrogen-bond acceptors (Lipinski definition) is 2. The van der Waals surface area contributed by atoms with E-state index in [0.29, 0.717) is 0 Å². The minimum Gasteiger partial charge on any atom is -0.212 e. The Hall–Kier alpha value is -0.610. The third-order valence-electron chi connectivity index (χ3n) is 2.16. The molecular formula is C10H12ClFO2S. The molecule has 5 heteroatoms. The molecule has 1 rings (SSSR count). The van der Waals surface area contributed by atoms with Gasteiger partial charge < -0.3 is 0 Å². The molecule has 0 aliphatic rings. The molecule has 0 amide bonds. The number of halogens is 2. The summed E-state index contributed by atoms with van der Waals surface area (Å²) in [5.74, 6) is -0.518. The number of rotatable bonds is 3. The van der Waals surface area contributed by atoms with E-state index in [1.54, 1.807) is 26.0 Å². The summed E-state index contributed by atoms with van der Waals surface area (Å²) in [6.07, 6.45) is 0. The Morgan fingerprint density at radius 1 is 1.27 bits per heavy atom. The van der Waals surface area contributed by atoms with Gasteiger partial charge in [0, 0.05) is 16.1 Å². The molecule has 0 heterocycles. The van der Waals surface area contributed by atoms with Crippen molar-refractivity contribution in [3.05, 3.63) is 35.6 Å². The summed E-state index contributed by atoms with van der Waals surface area (Å²) in [5, 5.41) is 0. The van der Waals surface area contributed by atoms with Gasteiger partial charge in [-0.2, -0.15) is 0 Å². The lowest BCUT2D eigenvalue weighted by Gasteiger charge is -2.23. The highest BCUT2D eigenvalue weighted by Crippen LogP contribution is 2.26. The molecule has 15 heavy (non-hydrogen) atoms. The van der Waals surface area contributed by atoms with Gasteiger partial charge in [0.15, 0.2) is 0 Å². The van der Waals surface area contributed by atoms with Crippen molar-refractivity contribution >= 4 is 19.7 Å². The van der Waals surface area contributed by atoms with Crippen molar-refractivity contribution in [2.45, 2.75) is 19.3 Å². The van der Waals surface area contributed by atoms with Crippen LogP contribution in [0, 0.1) is 5.82 Å². The van der Waals surface area contributed by atoms with E-state index in [1.807, 2.05) is 0 Å². The summed E-state index contributed by atoms with van der Waals surface area (Å²) in [6.45, 7) is 3.50. The molecule has 84 valence electrons. The summed E-state index contributed by atoms with van der Waals surface area (Å²) in [5.41, 5.74) is 0.127. The normalized spacial score (nSPS) is 12.8. The van der Waals surface area contributed by atoms with E-state index in [4.69, 9.17) is 10.7 Å². The molecular weight excluding hydrogens is 239 g/mol. The molecule has 0 bridgehead atoms. The van der Waals surface area contributed by atoms with Crippen molar-refractivity contribution in [3.63, 3.8) is 0 Å². The van der Waals surface area contributed by atoms with E-state index in [-0.39, 0.29) is 11.6 Å². The van der Waals surface area contributed by atoms with Crippen LogP contribution in [0.2, 0.25) is 0 Å². The topological polar surface area (TPSA) is 34.1 Å². The first-order valence-electron chi connectivity index (χ1n) is 4.39. The SMILES string of the molecule is CC(C)(CS(=O)(=O)Cl)c1ccc(F)cc1. The minimum atomic E-state index is -3.56. The summed E-state index contributed by atoms with van der Waals surface area (Å²) in [6, 6.07) is 5.74. The lowest BCUT2D eigenvalue weighted by molar-refractivity contribution is 0.556. The van der Waals surface area contributed by atoms with Gasteiger partial charge in [-0.15, -0.1) is 0 Å². The van der Waals surface area contributed by atoms with Crippen molar-refractivity contribution in [1.29, 1.82) is 0 Å². The van der Waals surface area contributed by atoms with Crippen LogP contribution < -0.4 is 0 Å². The Labute approximate surface area is 93.5 Å². The molecule has 0 atom stereocenters.